The van der Waals surface area contributed by atoms with Crippen LogP contribution in [-0.4, -0.2) is 42.5 Å². The first-order valence-electron chi connectivity index (χ1n) is 12.3. The smallest absolute Gasteiger partial charge is 0.293 e. The van der Waals surface area contributed by atoms with E-state index in [0.29, 0.717) is 44.8 Å². The third kappa shape index (κ3) is 6.32. The maximum atomic E-state index is 13.1. The second-order valence-electron chi connectivity index (χ2n) is 9.23. The lowest BCUT2D eigenvalue weighted by Crippen LogP contribution is -2.27. The van der Waals surface area contributed by atoms with Crippen molar-refractivity contribution in [3.63, 3.8) is 0 Å². The molecule has 0 radical (unpaired) electrons. The van der Waals surface area contributed by atoms with Crippen LogP contribution in [0.5, 0.6) is 23.0 Å². The number of nitrogens with one attached hydrogen (secondary N) is 1. The van der Waals surface area contributed by atoms with Gasteiger partial charge in [-0.1, -0.05) is 17.7 Å². The number of rotatable bonds is 8. The second-order valence-corrected chi connectivity index (χ2v) is 11.5. The Labute approximate surface area is 253 Å². The highest BCUT2D eigenvalue weighted by atomic mass is 79.9. The van der Waals surface area contributed by atoms with Gasteiger partial charge in [0, 0.05) is 15.6 Å². The fourth-order valence-electron chi connectivity index (χ4n) is 4.14. The summed E-state index contributed by atoms with van der Waals surface area (Å²) in [7, 11) is 1.47. The number of thioether (sulfide) groups is 1. The molecule has 0 bridgehead atoms. The number of carbonyl (C=O) groups is 3. The predicted octanol–water partition coefficient (Wildman–Crippen LogP) is 6.71. The van der Waals surface area contributed by atoms with Gasteiger partial charge in [-0.05, 0) is 100 Å². The number of fused-ring (bicyclic) bond motifs is 1. The van der Waals surface area contributed by atoms with Crippen LogP contribution in [0.25, 0.3) is 6.08 Å². The molecule has 2 aliphatic heterocycles. The van der Waals surface area contributed by atoms with Crippen LogP contribution >= 0.6 is 39.3 Å². The van der Waals surface area contributed by atoms with Crippen LogP contribution in [0.15, 0.2) is 51.8 Å². The SMILES string of the molecule is COc1cc(/C=C2/SC(=O)N(Cc3cc4c(cc3Cl)OCO4)C2=O)ccc1OCC(=O)Nc1cc(C)c(C)cc1Br. The highest BCUT2D eigenvalue weighted by molar-refractivity contribution is 9.10. The summed E-state index contributed by atoms with van der Waals surface area (Å²) in [6.07, 6.45) is 1.60. The molecule has 0 spiro atoms. The summed E-state index contributed by atoms with van der Waals surface area (Å²) in [6.45, 7) is 3.80. The number of aryl methyl sites for hydroxylation is 2. The van der Waals surface area contributed by atoms with Gasteiger partial charge < -0.3 is 24.3 Å². The lowest BCUT2D eigenvalue weighted by molar-refractivity contribution is -0.123. The highest BCUT2D eigenvalue weighted by Crippen LogP contribution is 2.40. The quantitative estimate of drug-likeness (QED) is 0.266. The molecule has 3 amide bonds. The molecule has 9 nitrogen and oxygen atoms in total. The summed E-state index contributed by atoms with van der Waals surface area (Å²) >= 11 is 10.6. The molecule has 0 unspecified atom stereocenters. The number of imide groups is 1. The van der Waals surface area contributed by atoms with Gasteiger partial charge in [-0.2, -0.15) is 0 Å². The molecular formula is C29H24BrClN2O7S. The molecule has 0 atom stereocenters. The summed E-state index contributed by atoms with van der Waals surface area (Å²) in [5.41, 5.74) is 3.99. The lowest BCUT2D eigenvalue weighted by atomic mass is 10.1. The number of nitrogens with zero attached hydrogens (tertiary/aromatic N) is 1. The number of hydrogen-bond acceptors (Lipinski definition) is 8. The average Bonchev–Trinajstić information content (AvgIpc) is 3.49. The number of amides is 3. The molecule has 1 N–H and O–H groups in total. The largest absolute Gasteiger partial charge is 0.493 e. The molecule has 0 aromatic heterocycles. The highest BCUT2D eigenvalue weighted by Gasteiger charge is 2.36. The Balaban J connectivity index is 1.25. The number of methoxy groups -OCH3 is 1. The number of benzene rings is 3. The minimum Gasteiger partial charge on any atom is -0.493 e. The molecule has 1 saturated heterocycles. The van der Waals surface area contributed by atoms with Crippen LogP contribution in [0.3, 0.4) is 0 Å². The van der Waals surface area contributed by atoms with E-state index >= 15 is 0 Å². The van der Waals surface area contributed by atoms with E-state index in [-0.39, 0.29) is 30.8 Å². The van der Waals surface area contributed by atoms with Crippen LogP contribution < -0.4 is 24.3 Å². The Kier molecular flexibility index (Phi) is 8.48. The summed E-state index contributed by atoms with van der Waals surface area (Å²) in [4.78, 5) is 39.7. The van der Waals surface area contributed by atoms with E-state index < -0.39 is 11.1 Å². The minimum absolute atomic E-state index is 0.00558. The van der Waals surface area contributed by atoms with Crippen LogP contribution in [-0.2, 0) is 16.1 Å². The summed E-state index contributed by atoms with van der Waals surface area (Å²) in [5, 5.41) is 2.79. The van der Waals surface area contributed by atoms with Gasteiger partial charge in [0.2, 0.25) is 6.79 Å². The maximum Gasteiger partial charge on any atom is 0.293 e. The fourth-order valence-corrected chi connectivity index (χ4v) is 5.75. The molecule has 212 valence electrons. The fraction of sp³-hybridized carbons (Fsp3) is 0.207. The molecule has 3 aromatic rings. The van der Waals surface area contributed by atoms with Crippen molar-refractivity contribution < 1.29 is 33.3 Å². The van der Waals surface area contributed by atoms with Crippen LogP contribution in [0.1, 0.15) is 22.3 Å². The van der Waals surface area contributed by atoms with Gasteiger partial charge in [0.25, 0.3) is 17.1 Å². The first-order chi connectivity index (χ1) is 19.6. The van der Waals surface area contributed by atoms with Crippen molar-refractivity contribution in [2.24, 2.45) is 0 Å². The van der Waals surface area contributed by atoms with Gasteiger partial charge in [-0.25, -0.2) is 0 Å². The zero-order valence-electron chi connectivity index (χ0n) is 22.2. The predicted molar refractivity (Wildman–Crippen MR) is 160 cm³/mol. The Morgan fingerprint density at radius 2 is 1.83 bits per heavy atom. The van der Waals surface area contributed by atoms with Crippen molar-refractivity contribution in [1.29, 1.82) is 0 Å². The van der Waals surface area contributed by atoms with E-state index in [2.05, 4.69) is 21.2 Å². The molecule has 1 fully saturated rings. The number of anilines is 1. The molecule has 5 rings (SSSR count). The van der Waals surface area contributed by atoms with E-state index in [1.807, 2.05) is 26.0 Å². The van der Waals surface area contributed by atoms with E-state index in [0.717, 1.165) is 32.3 Å². The van der Waals surface area contributed by atoms with Gasteiger partial charge in [0.1, 0.15) is 0 Å². The van der Waals surface area contributed by atoms with Gasteiger partial charge in [-0.3, -0.25) is 19.3 Å². The summed E-state index contributed by atoms with van der Waals surface area (Å²) < 4.78 is 22.6. The van der Waals surface area contributed by atoms with Crippen LogP contribution in [0.4, 0.5) is 10.5 Å². The van der Waals surface area contributed by atoms with Crippen molar-refractivity contribution in [2.45, 2.75) is 20.4 Å². The first-order valence-corrected chi connectivity index (χ1v) is 14.3. The van der Waals surface area contributed by atoms with Gasteiger partial charge in [0.05, 0.1) is 24.2 Å². The molecule has 41 heavy (non-hydrogen) atoms. The zero-order chi connectivity index (χ0) is 29.3. The molecule has 0 aliphatic carbocycles. The Morgan fingerprint density at radius 1 is 1.10 bits per heavy atom. The van der Waals surface area contributed by atoms with E-state index in [1.165, 1.54) is 7.11 Å². The topological polar surface area (TPSA) is 103 Å². The van der Waals surface area contributed by atoms with Crippen molar-refractivity contribution in [3.05, 3.63) is 79.1 Å². The summed E-state index contributed by atoms with van der Waals surface area (Å²) in [5.74, 6) is 0.967. The first kappa shape index (κ1) is 28.8. The van der Waals surface area contributed by atoms with Crippen molar-refractivity contribution in [2.75, 3.05) is 25.8 Å². The van der Waals surface area contributed by atoms with Crippen LogP contribution in [0.2, 0.25) is 5.02 Å². The van der Waals surface area contributed by atoms with E-state index in [1.54, 1.807) is 36.4 Å². The van der Waals surface area contributed by atoms with Crippen molar-refractivity contribution >= 4 is 68.1 Å². The minimum atomic E-state index is -0.442. The number of ether oxygens (including phenoxy) is 4. The van der Waals surface area contributed by atoms with Crippen molar-refractivity contribution in [1.82, 2.24) is 4.90 Å². The maximum absolute atomic E-state index is 13.1. The molecule has 2 aliphatic rings. The van der Waals surface area contributed by atoms with Gasteiger partial charge >= 0.3 is 0 Å². The molecular weight excluding hydrogens is 636 g/mol. The van der Waals surface area contributed by atoms with Crippen LogP contribution in [0, 0.1) is 13.8 Å². The van der Waals surface area contributed by atoms with E-state index in [9.17, 15) is 14.4 Å². The van der Waals surface area contributed by atoms with Crippen molar-refractivity contribution in [3.8, 4) is 23.0 Å². The third-order valence-corrected chi connectivity index (χ3v) is 8.36. The molecule has 0 saturated carbocycles. The molecule has 3 aromatic carbocycles. The Hall–Kier alpha value is -3.67. The Bertz CT molecular complexity index is 1610. The lowest BCUT2D eigenvalue weighted by Gasteiger charge is -2.14. The van der Waals surface area contributed by atoms with Gasteiger partial charge in [0.15, 0.2) is 29.6 Å². The molecule has 12 heteroatoms. The third-order valence-electron chi connectivity index (χ3n) is 6.45. The second kappa shape index (κ2) is 12.1. The standard InChI is InChI=1S/C29H24BrClN2O7S/c1-15-6-19(30)21(7-16(15)2)32-27(34)13-38-22-5-4-17(8-23(22)37-3)9-26-28(35)33(29(36)41-26)12-18-10-24-25(11-20(18)31)40-14-39-24/h4-11H,12-14H2,1-3H3,(H,32,34)/b26-9+. The Morgan fingerprint density at radius 3 is 2.59 bits per heavy atom. The zero-order valence-corrected chi connectivity index (χ0v) is 25.4. The summed E-state index contributed by atoms with van der Waals surface area (Å²) in [6, 6.07) is 12.1. The monoisotopic (exact) mass is 658 g/mol. The number of carbonyl (C=O) groups excluding carboxylic acids is 3. The average molecular weight is 660 g/mol. The number of hydrogen-bond donors (Lipinski definition) is 1. The number of halogens is 2. The van der Waals surface area contributed by atoms with Gasteiger partial charge in [-0.15, -0.1) is 0 Å². The normalized spacial score (nSPS) is 15.0. The van der Waals surface area contributed by atoms with E-state index in [4.69, 9.17) is 30.5 Å². The molecule has 2 heterocycles.